The first-order valence-electron chi connectivity index (χ1n) is 12.0. The number of carbonyl (C=O) groups excluding carboxylic acids is 2. The molecule has 0 unspecified atom stereocenters. The topological polar surface area (TPSA) is 121 Å². The predicted molar refractivity (Wildman–Crippen MR) is 146 cm³/mol. The summed E-state index contributed by atoms with van der Waals surface area (Å²) in [6, 6.07) is 17.4. The highest BCUT2D eigenvalue weighted by Gasteiger charge is 2.30. The number of pyridine rings is 1. The van der Waals surface area contributed by atoms with Crippen molar-refractivity contribution in [3.8, 4) is 33.9 Å². The number of ether oxygens (including phenoxy) is 2. The monoisotopic (exact) mass is 516 g/mol. The van der Waals surface area contributed by atoms with Crippen molar-refractivity contribution in [1.82, 2.24) is 9.88 Å². The van der Waals surface area contributed by atoms with E-state index in [2.05, 4.69) is 0 Å². The van der Waals surface area contributed by atoms with Gasteiger partial charge >= 0.3 is 0 Å². The van der Waals surface area contributed by atoms with E-state index >= 15 is 0 Å². The van der Waals surface area contributed by atoms with Gasteiger partial charge in [-0.15, -0.1) is 11.3 Å². The fourth-order valence-electron chi connectivity index (χ4n) is 4.78. The lowest BCUT2D eigenvalue weighted by molar-refractivity contribution is -0.123. The first-order chi connectivity index (χ1) is 17.9. The molecule has 2 aromatic heterocycles. The van der Waals surface area contributed by atoms with Gasteiger partial charge in [-0.2, -0.15) is 0 Å². The van der Waals surface area contributed by atoms with E-state index in [1.165, 1.54) is 11.3 Å². The van der Waals surface area contributed by atoms with Gasteiger partial charge in [-0.3, -0.25) is 9.59 Å². The lowest BCUT2D eigenvalue weighted by Gasteiger charge is -2.30. The van der Waals surface area contributed by atoms with E-state index in [1.54, 1.807) is 19.1 Å². The van der Waals surface area contributed by atoms with Gasteiger partial charge in [0, 0.05) is 41.1 Å². The minimum Gasteiger partial charge on any atom is -0.497 e. The number of likely N-dealkylation sites (tertiary alicyclic amines) is 1. The van der Waals surface area contributed by atoms with Crippen LogP contribution in [0.4, 0.5) is 5.69 Å². The second kappa shape index (κ2) is 10.1. The fourth-order valence-corrected chi connectivity index (χ4v) is 5.87. The van der Waals surface area contributed by atoms with E-state index in [9.17, 15) is 9.59 Å². The van der Waals surface area contributed by atoms with E-state index in [0.717, 1.165) is 22.4 Å². The molecular formula is C28H28N4O4S. The number of nitrogen functional groups attached to an aromatic ring is 1. The Hall–Kier alpha value is -4.11. The van der Waals surface area contributed by atoms with Gasteiger partial charge in [-0.25, -0.2) is 4.98 Å². The summed E-state index contributed by atoms with van der Waals surface area (Å²) in [7, 11) is 3.23. The molecule has 0 atom stereocenters. The number of fused-ring (bicyclic) bond motifs is 1. The van der Waals surface area contributed by atoms with Crippen LogP contribution in [-0.2, 0) is 4.79 Å². The zero-order valence-electron chi connectivity index (χ0n) is 20.7. The summed E-state index contributed by atoms with van der Waals surface area (Å²) in [5.74, 6) is 0.644. The number of thiophene rings is 1. The molecule has 1 aliphatic heterocycles. The summed E-state index contributed by atoms with van der Waals surface area (Å²) in [6.45, 7) is 0.915. The molecule has 2 amide bonds. The first-order valence-corrected chi connectivity index (χ1v) is 12.8. The number of carbonyl (C=O) groups is 2. The van der Waals surface area contributed by atoms with Gasteiger partial charge in [-0.1, -0.05) is 30.3 Å². The Morgan fingerprint density at radius 1 is 1.00 bits per heavy atom. The second-order valence-electron chi connectivity index (χ2n) is 8.98. The predicted octanol–water partition coefficient (Wildman–Crippen LogP) is 4.57. The number of nitrogens with zero attached hydrogens (tertiary/aromatic N) is 2. The Bertz CT molecular complexity index is 1480. The van der Waals surface area contributed by atoms with Gasteiger partial charge in [-0.05, 0) is 37.1 Å². The number of piperidine rings is 1. The second-order valence-corrected chi connectivity index (χ2v) is 9.98. The highest BCUT2D eigenvalue weighted by atomic mass is 32.1. The standard InChI is InChI=1S/C28H28N4O4S/c1-35-18-8-9-22(36-2)19(14-18)20-15-21(16-6-4-3-5-7-16)31-27-23(20)24(29)25(37-27)28(34)32-12-10-17(11-13-32)26(30)33/h3-9,14-15,17H,10-13,29H2,1-2H3,(H2,30,33). The Kier molecular flexibility index (Phi) is 6.71. The minimum atomic E-state index is -0.317. The van der Waals surface area contributed by atoms with E-state index < -0.39 is 0 Å². The van der Waals surface area contributed by atoms with E-state index in [0.29, 0.717) is 58.2 Å². The van der Waals surface area contributed by atoms with Crippen LogP contribution >= 0.6 is 11.3 Å². The molecule has 8 nitrogen and oxygen atoms in total. The molecule has 1 fully saturated rings. The summed E-state index contributed by atoms with van der Waals surface area (Å²) >= 11 is 1.28. The third-order valence-corrected chi connectivity index (χ3v) is 7.93. The van der Waals surface area contributed by atoms with Gasteiger partial charge in [0.2, 0.25) is 5.91 Å². The van der Waals surface area contributed by atoms with Crippen molar-refractivity contribution in [2.75, 3.05) is 33.0 Å². The third kappa shape index (κ3) is 4.58. The normalized spacial score (nSPS) is 14.1. The summed E-state index contributed by atoms with van der Waals surface area (Å²) < 4.78 is 11.2. The van der Waals surface area contributed by atoms with Gasteiger partial charge in [0.05, 0.1) is 25.6 Å². The maximum Gasteiger partial charge on any atom is 0.266 e. The van der Waals surface area contributed by atoms with Crippen LogP contribution in [0.2, 0.25) is 0 Å². The van der Waals surface area contributed by atoms with E-state index in [1.807, 2.05) is 54.6 Å². The Morgan fingerprint density at radius 3 is 2.38 bits per heavy atom. The number of aromatic nitrogens is 1. The molecule has 3 heterocycles. The number of rotatable bonds is 6. The molecule has 9 heteroatoms. The van der Waals surface area contributed by atoms with Crippen molar-refractivity contribution in [3.05, 3.63) is 59.5 Å². The summed E-state index contributed by atoms with van der Waals surface area (Å²) in [6.07, 6.45) is 1.10. The number of anilines is 1. The van der Waals surface area contributed by atoms with Crippen LogP contribution in [0.3, 0.4) is 0 Å². The first kappa shape index (κ1) is 24.6. The van der Waals surface area contributed by atoms with Crippen molar-refractivity contribution in [2.24, 2.45) is 11.7 Å². The maximum atomic E-state index is 13.6. The van der Waals surface area contributed by atoms with Crippen LogP contribution in [0, 0.1) is 5.92 Å². The van der Waals surface area contributed by atoms with E-state index in [-0.39, 0.29) is 17.7 Å². The molecule has 0 radical (unpaired) electrons. The number of nitrogens with two attached hydrogens (primary N) is 2. The van der Waals surface area contributed by atoms with Crippen molar-refractivity contribution in [3.63, 3.8) is 0 Å². The Balaban J connectivity index is 1.67. The van der Waals surface area contributed by atoms with Gasteiger partial charge in [0.25, 0.3) is 5.91 Å². The Morgan fingerprint density at radius 2 is 1.73 bits per heavy atom. The number of hydrogen-bond donors (Lipinski definition) is 2. The maximum absolute atomic E-state index is 13.6. The van der Waals surface area contributed by atoms with Crippen LogP contribution in [-0.4, -0.2) is 49.0 Å². The molecule has 2 aromatic carbocycles. The molecule has 0 saturated carbocycles. The Labute approximate surface area is 218 Å². The number of amides is 2. The van der Waals surface area contributed by atoms with Gasteiger partial charge < -0.3 is 25.8 Å². The van der Waals surface area contributed by atoms with Gasteiger partial charge in [0.15, 0.2) is 0 Å². The minimum absolute atomic E-state index is 0.159. The quantitative estimate of drug-likeness (QED) is 0.387. The number of hydrogen-bond acceptors (Lipinski definition) is 7. The summed E-state index contributed by atoms with van der Waals surface area (Å²) in [5.41, 5.74) is 15.8. The number of methoxy groups -OCH3 is 2. The summed E-state index contributed by atoms with van der Waals surface area (Å²) in [4.78, 5) is 32.9. The molecule has 0 bridgehead atoms. The molecule has 1 aliphatic rings. The zero-order valence-corrected chi connectivity index (χ0v) is 21.5. The molecular weight excluding hydrogens is 488 g/mol. The van der Waals surface area contributed by atoms with Crippen molar-refractivity contribution >= 4 is 39.1 Å². The van der Waals surface area contributed by atoms with Crippen LogP contribution in [0.15, 0.2) is 54.6 Å². The molecule has 37 heavy (non-hydrogen) atoms. The zero-order chi connectivity index (χ0) is 26.1. The molecule has 4 aromatic rings. The highest BCUT2D eigenvalue weighted by Crippen LogP contribution is 2.45. The average Bonchev–Trinajstić information content (AvgIpc) is 3.28. The smallest absolute Gasteiger partial charge is 0.266 e. The lowest BCUT2D eigenvalue weighted by Crippen LogP contribution is -2.41. The molecule has 0 aliphatic carbocycles. The number of benzene rings is 2. The van der Waals surface area contributed by atoms with Crippen molar-refractivity contribution < 1.29 is 19.1 Å². The van der Waals surface area contributed by atoms with Gasteiger partial charge in [0.1, 0.15) is 21.2 Å². The summed E-state index contributed by atoms with van der Waals surface area (Å²) in [5, 5.41) is 0.701. The molecule has 190 valence electrons. The van der Waals surface area contributed by atoms with Crippen molar-refractivity contribution in [1.29, 1.82) is 0 Å². The molecule has 1 saturated heterocycles. The van der Waals surface area contributed by atoms with Crippen LogP contribution in [0.5, 0.6) is 11.5 Å². The average molecular weight is 517 g/mol. The molecule has 5 rings (SSSR count). The van der Waals surface area contributed by atoms with E-state index in [4.69, 9.17) is 25.9 Å². The SMILES string of the molecule is COc1ccc(OC)c(-c2cc(-c3ccccc3)nc3sc(C(=O)N4CCC(C(N)=O)CC4)c(N)c23)c1. The fraction of sp³-hybridized carbons (Fsp3) is 0.250. The molecule has 0 spiro atoms. The van der Waals surface area contributed by atoms with Crippen LogP contribution in [0.25, 0.3) is 32.6 Å². The lowest BCUT2D eigenvalue weighted by atomic mass is 9.96. The largest absolute Gasteiger partial charge is 0.497 e. The van der Waals surface area contributed by atoms with Crippen LogP contribution in [0.1, 0.15) is 22.5 Å². The molecule has 4 N–H and O–H groups in total. The van der Waals surface area contributed by atoms with Crippen LogP contribution < -0.4 is 20.9 Å². The van der Waals surface area contributed by atoms with Crippen molar-refractivity contribution in [2.45, 2.75) is 12.8 Å². The third-order valence-electron chi connectivity index (χ3n) is 6.84. The highest BCUT2D eigenvalue weighted by molar-refractivity contribution is 7.21. The number of primary amides is 1.